The Morgan fingerprint density at radius 1 is 1.32 bits per heavy atom. The SMILES string of the molecule is CCCNC(=O)CNC1CC(c2ccc(Cl)cc2)C1. The van der Waals surface area contributed by atoms with E-state index in [1.165, 1.54) is 5.56 Å². The second-order valence-electron chi connectivity index (χ2n) is 5.15. The molecule has 2 rings (SSSR count). The Balaban J connectivity index is 1.66. The van der Waals surface area contributed by atoms with Crippen molar-refractivity contribution in [1.29, 1.82) is 0 Å². The van der Waals surface area contributed by atoms with Gasteiger partial charge in [-0.25, -0.2) is 0 Å². The van der Waals surface area contributed by atoms with Crippen LogP contribution in [-0.4, -0.2) is 25.0 Å². The molecule has 1 aromatic rings. The third kappa shape index (κ3) is 4.22. The Morgan fingerprint density at radius 3 is 2.63 bits per heavy atom. The van der Waals surface area contributed by atoms with Crippen molar-refractivity contribution in [1.82, 2.24) is 10.6 Å². The molecule has 0 spiro atoms. The quantitative estimate of drug-likeness (QED) is 0.841. The maximum Gasteiger partial charge on any atom is 0.233 e. The number of nitrogens with one attached hydrogen (secondary N) is 2. The highest BCUT2D eigenvalue weighted by atomic mass is 35.5. The molecule has 0 bridgehead atoms. The molecule has 3 nitrogen and oxygen atoms in total. The second kappa shape index (κ2) is 6.92. The molecule has 19 heavy (non-hydrogen) atoms. The topological polar surface area (TPSA) is 41.1 Å². The molecule has 1 aliphatic carbocycles. The van der Waals surface area contributed by atoms with Crippen LogP contribution in [0.3, 0.4) is 0 Å². The second-order valence-corrected chi connectivity index (χ2v) is 5.58. The van der Waals surface area contributed by atoms with Crippen LogP contribution in [0.4, 0.5) is 0 Å². The van der Waals surface area contributed by atoms with Crippen molar-refractivity contribution >= 4 is 17.5 Å². The van der Waals surface area contributed by atoms with Crippen molar-refractivity contribution in [2.45, 2.75) is 38.1 Å². The zero-order valence-corrected chi connectivity index (χ0v) is 12.0. The van der Waals surface area contributed by atoms with Gasteiger partial charge in [-0.2, -0.15) is 0 Å². The molecule has 4 heteroatoms. The molecular formula is C15H21ClN2O. The van der Waals surface area contributed by atoms with E-state index in [0.717, 1.165) is 30.8 Å². The van der Waals surface area contributed by atoms with Crippen molar-refractivity contribution in [2.75, 3.05) is 13.1 Å². The lowest BCUT2D eigenvalue weighted by molar-refractivity contribution is -0.120. The van der Waals surface area contributed by atoms with E-state index in [0.29, 0.717) is 18.5 Å². The fourth-order valence-electron chi connectivity index (χ4n) is 2.36. The Hall–Kier alpha value is -1.06. The molecule has 0 heterocycles. The third-order valence-electron chi connectivity index (χ3n) is 3.60. The first kappa shape index (κ1) is 14.4. The zero-order valence-electron chi connectivity index (χ0n) is 11.3. The van der Waals surface area contributed by atoms with E-state index in [-0.39, 0.29) is 5.91 Å². The zero-order chi connectivity index (χ0) is 13.7. The van der Waals surface area contributed by atoms with Crippen LogP contribution < -0.4 is 10.6 Å². The number of hydrogen-bond acceptors (Lipinski definition) is 2. The lowest BCUT2D eigenvalue weighted by Crippen LogP contribution is -2.45. The maximum atomic E-state index is 11.4. The van der Waals surface area contributed by atoms with Gasteiger partial charge in [-0.1, -0.05) is 30.7 Å². The fourth-order valence-corrected chi connectivity index (χ4v) is 2.48. The molecule has 0 unspecified atom stereocenters. The highest BCUT2D eigenvalue weighted by Crippen LogP contribution is 2.37. The van der Waals surface area contributed by atoms with Crippen molar-refractivity contribution in [2.24, 2.45) is 0 Å². The number of rotatable bonds is 6. The summed E-state index contributed by atoms with van der Waals surface area (Å²) in [5.74, 6) is 0.699. The summed E-state index contributed by atoms with van der Waals surface area (Å²) in [7, 11) is 0. The van der Waals surface area contributed by atoms with Gasteiger partial charge in [0.15, 0.2) is 0 Å². The molecule has 1 aromatic carbocycles. The highest BCUT2D eigenvalue weighted by molar-refractivity contribution is 6.30. The lowest BCUT2D eigenvalue weighted by Gasteiger charge is -2.36. The molecule has 1 aliphatic rings. The Labute approximate surface area is 119 Å². The minimum Gasteiger partial charge on any atom is -0.355 e. The Kier molecular flexibility index (Phi) is 5.23. The van der Waals surface area contributed by atoms with Crippen molar-refractivity contribution in [3.05, 3.63) is 34.9 Å². The smallest absolute Gasteiger partial charge is 0.233 e. The molecule has 0 atom stereocenters. The number of carbonyl (C=O) groups excluding carboxylic acids is 1. The molecule has 0 aliphatic heterocycles. The molecule has 1 saturated carbocycles. The van der Waals surface area contributed by atoms with Gasteiger partial charge in [0.05, 0.1) is 6.54 Å². The molecule has 104 valence electrons. The van der Waals surface area contributed by atoms with Crippen molar-refractivity contribution < 1.29 is 4.79 Å². The van der Waals surface area contributed by atoms with E-state index >= 15 is 0 Å². The lowest BCUT2D eigenvalue weighted by atomic mass is 9.76. The molecule has 0 radical (unpaired) electrons. The van der Waals surface area contributed by atoms with Gasteiger partial charge in [-0.05, 0) is 42.9 Å². The molecule has 0 saturated heterocycles. The van der Waals surface area contributed by atoms with Gasteiger partial charge in [0, 0.05) is 17.6 Å². The predicted molar refractivity (Wildman–Crippen MR) is 78.5 cm³/mol. The van der Waals surface area contributed by atoms with Gasteiger partial charge >= 0.3 is 0 Å². The van der Waals surface area contributed by atoms with Crippen LogP contribution in [0.1, 0.15) is 37.7 Å². The van der Waals surface area contributed by atoms with Crippen LogP contribution in [0.25, 0.3) is 0 Å². The summed E-state index contributed by atoms with van der Waals surface area (Å²) in [4.78, 5) is 11.4. The van der Waals surface area contributed by atoms with Crippen molar-refractivity contribution in [3.8, 4) is 0 Å². The first-order chi connectivity index (χ1) is 9.19. The normalized spacial score (nSPS) is 21.8. The van der Waals surface area contributed by atoms with Crippen LogP contribution in [0, 0.1) is 0 Å². The number of hydrogen-bond donors (Lipinski definition) is 2. The average Bonchev–Trinajstić information content (AvgIpc) is 2.36. The Bertz CT molecular complexity index is 413. The largest absolute Gasteiger partial charge is 0.355 e. The molecular weight excluding hydrogens is 260 g/mol. The summed E-state index contributed by atoms with van der Waals surface area (Å²) >= 11 is 5.88. The summed E-state index contributed by atoms with van der Waals surface area (Å²) < 4.78 is 0. The minimum absolute atomic E-state index is 0.0943. The van der Waals surface area contributed by atoms with Crippen molar-refractivity contribution in [3.63, 3.8) is 0 Å². The average molecular weight is 281 g/mol. The van der Waals surface area contributed by atoms with Gasteiger partial charge in [0.2, 0.25) is 5.91 Å². The summed E-state index contributed by atoms with van der Waals surface area (Å²) in [6, 6.07) is 8.54. The van der Waals surface area contributed by atoms with E-state index < -0.39 is 0 Å². The first-order valence-electron chi connectivity index (χ1n) is 6.94. The van der Waals surface area contributed by atoms with Gasteiger partial charge in [0.25, 0.3) is 0 Å². The number of halogens is 1. The van der Waals surface area contributed by atoms with Crippen LogP contribution in [-0.2, 0) is 4.79 Å². The van der Waals surface area contributed by atoms with Crippen LogP contribution in [0.15, 0.2) is 24.3 Å². The maximum absolute atomic E-state index is 11.4. The van der Waals surface area contributed by atoms with Gasteiger partial charge in [-0.3, -0.25) is 4.79 Å². The first-order valence-corrected chi connectivity index (χ1v) is 7.32. The predicted octanol–water partition coefficient (Wildman–Crippen LogP) is 2.70. The monoisotopic (exact) mass is 280 g/mol. The number of carbonyl (C=O) groups is 1. The fraction of sp³-hybridized carbons (Fsp3) is 0.533. The van der Waals surface area contributed by atoms with Gasteiger partial charge < -0.3 is 10.6 Å². The van der Waals surface area contributed by atoms with E-state index in [9.17, 15) is 4.79 Å². The molecule has 1 amide bonds. The number of benzene rings is 1. The summed E-state index contributed by atoms with van der Waals surface area (Å²) in [5, 5.41) is 6.95. The van der Waals surface area contributed by atoms with Crippen LogP contribution in [0.5, 0.6) is 0 Å². The summed E-state index contributed by atoms with van der Waals surface area (Å²) in [6.07, 6.45) is 3.18. The summed E-state index contributed by atoms with van der Waals surface area (Å²) in [5.41, 5.74) is 1.35. The van der Waals surface area contributed by atoms with E-state index in [4.69, 9.17) is 11.6 Å². The molecule has 2 N–H and O–H groups in total. The van der Waals surface area contributed by atoms with Gasteiger partial charge in [-0.15, -0.1) is 0 Å². The molecule has 0 aromatic heterocycles. The van der Waals surface area contributed by atoms with E-state index in [1.54, 1.807) is 0 Å². The summed E-state index contributed by atoms with van der Waals surface area (Å²) in [6.45, 7) is 3.24. The van der Waals surface area contributed by atoms with E-state index in [2.05, 4.69) is 29.7 Å². The van der Waals surface area contributed by atoms with Crippen LogP contribution >= 0.6 is 11.6 Å². The minimum atomic E-state index is 0.0943. The standard InChI is InChI=1S/C15H21ClN2O/c1-2-7-17-15(19)10-18-14-8-12(9-14)11-3-5-13(16)6-4-11/h3-6,12,14,18H,2,7-10H2,1H3,(H,17,19). The van der Waals surface area contributed by atoms with E-state index in [1.807, 2.05) is 12.1 Å². The Morgan fingerprint density at radius 2 is 2.00 bits per heavy atom. The molecule has 1 fully saturated rings. The third-order valence-corrected chi connectivity index (χ3v) is 3.85. The van der Waals surface area contributed by atoms with Gasteiger partial charge in [0.1, 0.15) is 0 Å². The van der Waals surface area contributed by atoms with Crippen LogP contribution in [0.2, 0.25) is 5.02 Å². The highest BCUT2D eigenvalue weighted by Gasteiger charge is 2.29. The number of amides is 1.